The molecule has 6 nitrogen and oxygen atoms in total. The van der Waals surface area contributed by atoms with E-state index in [0.29, 0.717) is 17.1 Å². The normalized spacial score (nSPS) is 17.1. The van der Waals surface area contributed by atoms with Gasteiger partial charge in [-0.25, -0.2) is 9.97 Å². The van der Waals surface area contributed by atoms with Crippen LogP contribution in [0.1, 0.15) is 28.8 Å². The Morgan fingerprint density at radius 1 is 1.21 bits per heavy atom. The van der Waals surface area contributed by atoms with Crippen LogP contribution in [0.3, 0.4) is 0 Å². The van der Waals surface area contributed by atoms with Crippen LogP contribution in [0.2, 0.25) is 0 Å². The number of benzene rings is 2. The van der Waals surface area contributed by atoms with Crippen molar-refractivity contribution in [3.63, 3.8) is 0 Å². The standard InChI is InChI=1S/C22H23N5O/c23-22(28)18-8-9-20(19-14-25-15-26-21(18)19)27(17-7-4-11-24-13-17)12-10-16-5-2-1-3-6-16/h1-3,5-6,8-10,12,14-15,17,24H,4,7,11,13H2,(H2,23,28)/t17-/m1/s1. The predicted molar refractivity (Wildman–Crippen MR) is 112 cm³/mol. The molecule has 3 aromatic rings. The fourth-order valence-electron chi connectivity index (χ4n) is 3.69. The first-order valence-electron chi connectivity index (χ1n) is 9.49. The van der Waals surface area contributed by atoms with E-state index in [9.17, 15) is 4.79 Å². The third-order valence-electron chi connectivity index (χ3n) is 5.09. The summed E-state index contributed by atoms with van der Waals surface area (Å²) < 4.78 is 0. The molecule has 1 aliphatic rings. The van der Waals surface area contributed by atoms with Gasteiger partial charge in [-0.3, -0.25) is 4.79 Å². The van der Waals surface area contributed by atoms with Gasteiger partial charge in [0.25, 0.3) is 5.91 Å². The van der Waals surface area contributed by atoms with Gasteiger partial charge in [0, 0.05) is 30.4 Å². The minimum absolute atomic E-state index is 0.302. The molecule has 1 atom stereocenters. The second-order valence-electron chi connectivity index (χ2n) is 6.92. The van der Waals surface area contributed by atoms with Crippen molar-refractivity contribution in [2.45, 2.75) is 18.9 Å². The van der Waals surface area contributed by atoms with Gasteiger partial charge in [-0.05, 0) is 43.2 Å². The number of carbonyl (C=O) groups excluding carboxylic acids is 1. The van der Waals surface area contributed by atoms with E-state index in [-0.39, 0.29) is 0 Å². The summed E-state index contributed by atoms with van der Waals surface area (Å²) in [6.45, 7) is 1.93. The number of anilines is 1. The Labute approximate surface area is 164 Å². The summed E-state index contributed by atoms with van der Waals surface area (Å²) in [5.41, 5.74) is 8.65. The monoisotopic (exact) mass is 373 g/mol. The van der Waals surface area contributed by atoms with E-state index in [2.05, 4.69) is 44.6 Å². The third kappa shape index (κ3) is 3.73. The molecule has 0 radical (unpaired) electrons. The number of rotatable bonds is 5. The number of nitrogens with one attached hydrogen (secondary N) is 1. The highest BCUT2D eigenvalue weighted by atomic mass is 16.1. The second kappa shape index (κ2) is 8.19. The van der Waals surface area contributed by atoms with E-state index >= 15 is 0 Å². The van der Waals surface area contributed by atoms with Gasteiger partial charge < -0.3 is 16.0 Å². The smallest absolute Gasteiger partial charge is 0.250 e. The van der Waals surface area contributed by atoms with Crippen LogP contribution in [0.25, 0.3) is 17.0 Å². The Bertz CT molecular complexity index is 996. The zero-order chi connectivity index (χ0) is 19.3. The maximum atomic E-state index is 11.8. The van der Waals surface area contributed by atoms with E-state index in [1.54, 1.807) is 12.3 Å². The van der Waals surface area contributed by atoms with Gasteiger partial charge in [0.15, 0.2) is 0 Å². The van der Waals surface area contributed by atoms with Crippen molar-refractivity contribution in [3.05, 3.63) is 72.3 Å². The van der Waals surface area contributed by atoms with Crippen LogP contribution in [0.5, 0.6) is 0 Å². The minimum Gasteiger partial charge on any atom is -0.366 e. The molecule has 4 rings (SSSR count). The predicted octanol–water partition coefficient (Wildman–Crippen LogP) is 2.96. The number of amides is 1. The van der Waals surface area contributed by atoms with Crippen molar-refractivity contribution in [1.29, 1.82) is 0 Å². The van der Waals surface area contributed by atoms with Crippen molar-refractivity contribution >= 4 is 28.6 Å². The van der Waals surface area contributed by atoms with Crippen LogP contribution in [-0.4, -0.2) is 35.0 Å². The van der Waals surface area contributed by atoms with Gasteiger partial charge in [0.2, 0.25) is 0 Å². The molecule has 1 aromatic heterocycles. The molecule has 0 unspecified atom stereocenters. The lowest BCUT2D eigenvalue weighted by Gasteiger charge is -2.34. The van der Waals surface area contributed by atoms with Crippen molar-refractivity contribution < 1.29 is 4.79 Å². The summed E-state index contributed by atoms with van der Waals surface area (Å²) in [5.74, 6) is -0.485. The van der Waals surface area contributed by atoms with Crippen LogP contribution in [0, 0.1) is 0 Å². The number of carbonyl (C=O) groups is 1. The number of primary amides is 1. The second-order valence-corrected chi connectivity index (χ2v) is 6.92. The lowest BCUT2D eigenvalue weighted by molar-refractivity contribution is 0.100. The molecule has 1 saturated heterocycles. The molecule has 1 amide bonds. The number of fused-ring (bicyclic) bond motifs is 1. The van der Waals surface area contributed by atoms with Gasteiger partial charge in [-0.1, -0.05) is 30.3 Å². The Kier molecular flexibility index (Phi) is 5.30. The van der Waals surface area contributed by atoms with Gasteiger partial charge in [-0.15, -0.1) is 0 Å². The van der Waals surface area contributed by atoms with Crippen LogP contribution >= 0.6 is 0 Å². The minimum atomic E-state index is -0.485. The zero-order valence-electron chi connectivity index (χ0n) is 15.6. The van der Waals surface area contributed by atoms with Crippen molar-refractivity contribution in [2.24, 2.45) is 5.73 Å². The molecular formula is C22H23N5O. The van der Waals surface area contributed by atoms with E-state index in [4.69, 9.17) is 5.73 Å². The van der Waals surface area contributed by atoms with Gasteiger partial charge in [-0.2, -0.15) is 0 Å². The molecule has 0 saturated carbocycles. The fourth-order valence-corrected chi connectivity index (χ4v) is 3.69. The lowest BCUT2D eigenvalue weighted by atomic mass is 10.0. The molecule has 1 fully saturated rings. The van der Waals surface area contributed by atoms with Gasteiger partial charge >= 0.3 is 0 Å². The summed E-state index contributed by atoms with van der Waals surface area (Å²) >= 11 is 0. The zero-order valence-corrected chi connectivity index (χ0v) is 15.6. The highest BCUT2D eigenvalue weighted by Crippen LogP contribution is 2.31. The Balaban J connectivity index is 1.81. The molecule has 0 aliphatic carbocycles. The van der Waals surface area contributed by atoms with Gasteiger partial charge in [0.1, 0.15) is 6.33 Å². The van der Waals surface area contributed by atoms with Crippen molar-refractivity contribution in [2.75, 3.05) is 18.0 Å². The molecule has 28 heavy (non-hydrogen) atoms. The largest absolute Gasteiger partial charge is 0.366 e. The molecule has 2 aromatic carbocycles. The number of piperidine rings is 1. The molecule has 1 aliphatic heterocycles. The first-order valence-corrected chi connectivity index (χ1v) is 9.49. The Morgan fingerprint density at radius 2 is 2.07 bits per heavy atom. The number of nitrogens with two attached hydrogens (primary N) is 1. The van der Waals surface area contributed by atoms with Crippen molar-refractivity contribution in [1.82, 2.24) is 15.3 Å². The molecule has 0 bridgehead atoms. The Hall–Kier alpha value is -3.25. The third-order valence-corrected chi connectivity index (χ3v) is 5.09. The maximum absolute atomic E-state index is 11.8. The maximum Gasteiger partial charge on any atom is 0.250 e. The van der Waals surface area contributed by atoms with Crippen LogP contribution in [0.4, 0.5) is 5.69 Å². The van der Waals surface area contributed by atoms with E-state index in [0.717, 1.165) is 42.6 Å². The molecule has 142 valence electrons. The molecular weight excluding hydrogens is 350 g/mol. The van der Waals surface area contributed by atoms with E-state index < -0.39 is 5.91 Å². The lowest BCUT2D eigenvalue weighted by Crippen LogP contribution is -2.43. The summed E-state index contributed by atoms with van der Waals surface area (Å²) in [6.07, 6.45) is 9.62. The number of hydrogen-bond donors (Lipinski definition) is 2. The van der Waals surface area contributed by atoms with Crippen LogP contribution in [-0.2, 0) is 0 Å². The summed E-state index contributed by atoms with van der Waals surface area (Å²) in [7, 11) is 0. The number of hydrogen-bond acceptors (Lipinski definition) is 5. The number of nitrogens with zero attached hydrogens (tertiary/aromatic N) is 3. The molecule has 3 N–H and O–H groups in total. The summed E-state index contributed by atoms with van der Waals surface area (Å²) in [4.78, 5) is 22.6. The van der Waals surface area contributed by atoms with E-state index in [1.807, 2.05) is 24.3 Å². The molecule has 2 heterocycles. The first kappa shape index (κ1) is 18.1. The van der Waals surface area contributed by atoms with Crippen LogP contribution < -0.4 is 16.0 Å². The average Bonchev–Trinajstić information content (AvgIpc) is 2.75. The van der Waals surface area contributed by atoms with E-state index in [1.165, 1.54) is 6.33 Å². The Morgan fingerprint density at radius 3 is 2.82 bits per heavy atom. The highest BCUT2D eigenvalue weighted by molar-refractivity contribution is 6.08. The quantitative estimate of drug-likeness (QED) is 0.718. The summed E-state index contributed by atoms with van der Waals surface area (Å²) in [5, 5.41) is 4.30. The number of aromatic nitrogens is 2. The highest BCUT2D eigenvalue weighted by Gasteiger charge is 2.22. The SMILES string of the molecule is NC(=O)c1ccc(N(C=Cc2ccccc2)[C@@H]2CCCNC2)c2cncnc12. The average molecular weight is 373 g/mol. The molecule has 0 spiro atoms. The molecule has 6 heteroatoms. The van der Waals surface area contributed by atoms with Crippen LogP contribution in [0.15, 0.2) is 61.2 Å². The van der Waals surface area contributed by atoms with Crippen molar-refractivity contribution in [3.8, 4) is 0 Å². The fraction of sp³-hybridized carbons (Fsp3) is 0.227. The first-order chi connectivity index (χ1) is 13.7. The van der Waals surface area contributed by atoms with Gasteiger partial charge in [0.05, 0.1) is 16.8 Å². The topological polar surface area (TPSA) is 84.1 Å². The summed E-state index contributed by atoms with van der Waals surface area (Å²) in [6, 6.07) is 14.2.